The number of carbonyl (C=O) groups excluding carboxylic acids is 2. The molecule has 0 saturated heterocycles. The average Bonchev–Trinajstić information content (AvgIpc) is 2.48. The Hall–Kier alpha value is -2.46. The second kappa shape index (κ2) is 9.36. The Kier molecular flexibility index (Phi) is 7.93. The van der Waals surface area contributed by atoms with Crippen LogP contribution in [0.5, 0.6) is 5.75 Å². The van der Waals surface area contributed by atoms with Crippen molar-refractivity contribution in [3.05, 3.63) is 24.3 Å². The van der Waals surface area contributed by atoms with Crippen molar-refractivity contribution in [1.82, 2.24) is 0 Å². The molecule has 0 N–H and O–H groups in total. The standard InChI is InChI=1S/C22H33NO5Si/c1-21(2,3)27-19(24)23(15-10-16-29(7,8)9)17-11-13-18(14-12-17)26-20(25)28-22(4,5)6/h11-14H,15H2,1-9H3. The van der Waals surface area contributed by atoms with Crippen molar-refractivity contribution in [2.75, 3.05) is 11.4 Å². The van der Waals surface area contributed by atoms with Gasteiger partial charge in [0, 0.05) is 5.69 Å². The van der Waals surface area contributed by atoms with Gasteiger partial charge in [-0.15, -0.1) is 5.54 Å². The van der Waals surface area contributed by atoms with Crippen LogP contribution in [0, 0.1) is 11.5 Å². The number of hydrogen-bond donors (Lipinski definition) is 0. The second-order valence-corrected chi connectivity index (χ2v) is 14.4. The third-order valence-electron chi connectivity index (χ3n) is 3.05. The lowest BCUT2D eigenvalue weighted by atomic mass is 10.2. The number of ether oxygens (including phenoxy) is 3. The van der Waals surface area contributed by atoms with Gasteiger partial charge < -0.3 is 14.2 Å². The lowest BCUT2D eigenvalue weighted by molar-refractivity contribution is 0.0206. The molecule has 0 radical (unpaired) electrons. The molecule has 1 aromatic rings. The summed E-state index contributed by atoms with van der Waals surface area (Å²) in [5.41, 5.74) is 2.59. The number of anilines is 1. The van der Waals surface area contributed by atoms with Crippen molar-refractivity contribution in [2.45, 2.75) is 72.4 Å². The highest BCUT2D eigenvalue weighted by Gasteiger charge is 2.23. The Morgan fingerprint density at radius 3 is 1.90 bits per heavy atom. The summed E-state index contributed by atoms with van der Waals surface area (Å²) < 4.78 is 15.8. The van der Waals surface area contributed by atoms with Crippen molar-refractivity contribution in [2.24, 2.45) is 0 Å². The summed E-state index contributed by atoms with van der Waals surface area (Å²) in [4.78, 5) is 25.9. The molecule has 29 heavy (non-hydrogen) atoms. The summed E-state index contributed by atoms with van der Waals surface area (Å²) >= 11 is 0. The van der Waals surface area contributed by atoms with Crippen molar-refractivity contribution in [3.8, 4) is 17.2 Å². The van der Waals surface area contributed by atoms with E-state index in [4.69, 9.17) is 14.2 Å². The minimum Gasteiger partial charge on any atom is -0.443 e. The normalized spacial score (nSPS) is 11.8. The van der Waals surface area contributed by atoms with Gasteiger partial charge in [-0.3, -0.25) is 4.90 Å². The molecule has 6 nitrogen and oxygen atoms in total. The molecule has 0 atom stereocenters. The van der Waals surface area contributed by atoms with Crippen LogP contribution in [0.15, 0.2) is 24.3 Å². The van der Waals surface area contributed by atoms with E-state index >= 15 is 0 Å². The third-order valence-corrected chi connectivity index (χ3v) is 3.98. The molecule has 0 aromatic heterocycles. The Balaban J connectivity index is 3.01. The van der Waals surface area contributed by atoms with Crippen LogP contribution in [0.25, 0.3) is 0 Å². The van der Waals surface area contributed by atoms with E-state index in [1.165, 1.54) is 4.90 Å². The molecule has 0 bridgehead atoms. The van der Waals surface area contributed by atoms with Crippen LogP contribution in [-0.4, -0.2) is 38.1 Å². The Bertz CT molecular complexity index is 771. The summed E-state index contributed by atoms with van der Waals surface area (Å²) in [6.45, 7) is 17.4. The van der Waals surface area contributed by atoms with Gasteiger partial charge in [0.2, 0.25) is 0 Å². The Labute approximate surface area is 175 Å². The maximum Gasteiger partial charge on any atom is 0.514 e. The monoisotopic (exact) mass is 419 g/mol. The zero-order chi connectivity index (χ0) is 22.5. The first kappa shape index (κ1) is 24.6. The van der Waals surface area contributed by atoms with Crippen LogP contribution in [-0.2, 0) is 9.47 Å². The van der Waals surface area contributed by atoms with Crippen molar-refractivity contribution in [3.63, 3.8) is 0 Å². The van der Waals surface area contributed by atoms with Gasteiger partial charge in [-0.05, 0) is 65.8 Å². The maximum absolute atomic E-state index is 12.7. The van der Waals surface area contributed by atoms with Gasteiger partial charge in [0.1, 0.15) is 25.0 Å². The molecule has 1 aromatic carbocycles. The summed E-state index contributed by atoms with van der Waals surface area (Å²) in [6, 6.07) is 6.56. The number of rotatable bonds is 3. The number of amides is 1. The molecule has 1 rings (SSSR count). The van der Waals surface area contributed by atoms with Crippen LogP contribution < -0.4 is 9.64 Å². The fraction of sp³-hybridized carbons (Fsp3) is 0.545. The molecule has 0 saturated carbocycles. The summed E-state index contributed by atoms with van der Waals surface area (Å²) in [6.07, 6.45) is -1.27. The third kappa shape index (κ3) is 10.6. The molecule has 1 amide bonds. The predicted octanol–water partition coefficient (Wildman–Crippen LogP) is 5.62. The zero-order valence-electron chi connectivity index (χ0n) is 19.0. The average molecular weight is 420 g/mol. The van der Waals surface area contributed by atoms with E-state index in [1.54, 1.807) is 45.0 Å². The van der Waals surface area contributed by atoms with E-state index in [2.05, 4.69) is 31.1 Å². The zero-order valence-corrected chi connectivity index (χ0v) is 20.0. The first-order valence-electron chi connectivity index (χ1n) is 9.57. The minimum absolute atomic E-state index is 0.214. The van der Waals surface area contributed by atoms with E-state index in [0.717, 1.165) is 0 Å². The van der Waals surface area contributed by atoms with Crippen molar-refractivity contribution >= 4 is 26.0 Å². The molecular weight excluding hydrogens is 386 g/mol. The van der Waals surface area contributed by atoms with Gasteiger partial charge in [0.05, 0.1) is 6.54 Å². The molecule has 0 heterocycles. The maximum atomic E-state index is 12.7. The molecule has 0 unspecified atom stereocenters. The molecule has 7 heteroatoms. The first-order valence-corrected chi connectivity index (χ1v) is 13.1. The Morgan fingerprint density at radius 1 is 0.931 bits per heavy atom. The topological polar surface area (TPSA) is 65.1 Å². The van der Waals surface area contributed by atoms with E-state index in [0.29, 0.717) is 11.4 Å². The molecule has 0 fully saturated rings. The summed E-state index contributed by atoms with van der Waals surface area (Å²) in [5.74, 6) is 3.41. The lowest BCUT2D eigenvalue weighted by Crippen LogP contribution is -2.37. The highest BCUT2D eigenvalue weighted by Crippen LogP contribution is 2.22. The Morgan fingerprint density at radius 2 is 1.45 bits per heavy atom. The number of hydrogen-bond acceptors (Lipinski definition) is 5. The highest BCUT2D eigenvalue weighted by molar-refractivity contribution is 6.83. The van der Waals surface area contributed by atoms with Crippen LogP contribution in [0.2, 0.25) is 19.6 Å². The fourth-order valence-electron chi connectivity index (χ4n) is 2.02. The van der Waals surface area contributed by atoms with Gasteiger partial charge >= 0.3 is 12.2 Å². The minimum atomic E-state index is -1.57. The SMILES string of the molecule is CC(C)(C)OC(=O)Oc1ccc(N(CC#C[Si](C)(C)C)C(=O)OC(C)(C)C)cc1. The van der Waals surface area contributed by atoms with E-state index in [1.807, 2.05) is 20.8 Å². The van der Waals surface area contributed by atoms with Crippen LogP contribution in [0.4, 0.5) is 15.3 Å². The largest absolute Gasteiger partial charge is 0.514 e. The molecular formula is C22H33NO5Si. The van der Waals surface area contributed by atoms with Gasteiger partial charge in [-0.25, -0.2) is 9.59 Å². The van der Waals surface area contributed by atoms with Crippen LogP contribution in [0.3, 0.4) is 0 Å². The van der Waals surface area contributed by atoms with Crippen molar-refractivity contribution < 1.29 is 23.8 Å². The number of carbonyl (C=O) groups is 2. The van der Waals surface area contributed by atoms with Gasteiger partial charge in [-0.2, -0.15) is 0 Å². The first-order chi connectivity index (χ1) is 13.1. The summed E-state index contributed by atoms with van der Waals surface area (Å²) in [5, 5.41) is 0. The van der Waals surface area contributed by atoms with Crippen LogP contribution >= 0.6 is 0 Å². The summed E-state index contributed by atoms with van der Waals surface area (Å²) in [7, 11) is -1.57. The molecule has 0 aliphatic rings. The lowest BCUT2D eigenvalue weighted by Gasteiger charge is -2.26. The van der Waals surface area contributed by atoms with Crippen LogP contribution in [0.1, 0.15) is 41.5 Å². The van der Waals surface area contributed by atoms with Gasteiger partial charge in [-0.1, -0.05) is 25.6 Å². The van der Waals surface area contributed by atoms with Gasteiger partial charge in [0.25, 0.3) is 0 Å². The molecule has 0 spiro atoms. The van der Waals surface area contributed by atoms with E-state index in [-0.39, 0.29) is 6.54 Å². The smallest absolute Gasteiger partial charge is 0.443 e. The number of benzene rings is 1. The van der Waals surface area contributed by atoms with E-state index in [9.17, 15) is 9.59 Å². The predicted molar refractivity (Wildman–Crippen MR) is 118 cm³/mol. The quantitative estimate of drug-likeness (QED) is 0.275. The fourth-order valence-corrected chi connectivity index (χ4v) is 2.63. The molecule has 0 aliphatic carbocycles. The van der Waals surface area contributed by atoms with Gasteiger partial charge in [0.15, 0.2) is 0 Å². The second-order valence-electron chi connectivity index (χ2n) is 9.68. The van der Waals surface area contributed by atoms with Crippen molar-refractivity contribution in [1.29, 1.82) is 0 Å². The molecule has 160 valence electrons. The number of nitrogens with zero attached hydrogens (tertiary/aromatic N) is 1. The molecule has 0 aliphatic heterocycles. The van der Waals surface area contributed by atoms with E-state index < -0.39 is 31.5 Å². The highest BCUT2D eigenvalue weighted by atomic mass is 28.3.